The first kappa shape index (κ1) is 32.9. The molecule has 0 amide bonds. The van der Waals surface area contributed by atoms with Gasteiger partial charge < -0.3 is 25.2 Å². The van der Waals surface area contributed by atoms with E-state index in [4.69, 9.17) is 19.4 Å². The van der Waals surface area contributed by atoms with Crippen LogP contribution in [0.5, 0.6) is 11.5 Å². The summed E-state index contributed by atoms with van der Waals surface area (Å²) in [4.78, 5) is 9.84. The van der Waals surface area contributed by atoms with Crippen LogP contribution in [0.15, 0.2) is 113 Å². The van der Waals surface area contributed by atoms with Gasteiger partial charge in [-0.3, -0.25) is 5.43 Å². The number of methoxy groups -OCH3 is 2. The number of aliphatic hydroxyl groups is 1. The Kier molecular flexibility index (Phi) is 10.3. The minimum atomic E-state index is -3.32. The Labute approximate surface area is 274 Å². The number of ether oxygens (including phenoxy) is 2. The van der Waals surface area contributed by atoms with Crippen LogP contribution in [0.2, 0.25) is 0 Å². The smallest absolute Gasteiger partial charge is 0.231 e. The van der Waals surface area contributed by atoms with E-state index in [0.717, 1.165) is 16.8 Å². The number of sulfone groups is 1. The lowest BCUT2D eigenvalue weighted by atomic mass is 10.1. The molecule has 4 N–H and O–H groups in total. The summed E-state index contributed by atoms with van der Waals surface area (Å²) in [6.07, 6.45) is 0.259. The first-order chi connectivity index (χ1) is 22.7. The van der Waals surface area contributed by atoms with Gasteiger partial charge in [-0.15, -0.1) is 0 Å². The average Bonchev–Trinajstić information content (AvgIpc) is 3.09. The fraction of sp³-hybridized carbons (Fsp3) is 0.171. The van der Waals surface area contributed by atoms with Crippen molar-refractivity contribution in [3.8, 4) is 22.6 Å². The van der Waals surface area contributed by atoms with E-state index in [1.807, 2.05) is 67.6 Å². The monoisotopic (exact) mass is 652 g/mol. The number of para-hydroxylation sites is 1. The summed E-state index contributed by atoms with van der Waals surface area (Å²) >= 11 is 0. The van der Waals surface area contributed by atoms with Gasteiger partial charge in [0.1, 0.15) is 5.82 Å². The fourth-order valence-electron chi connectivity index (χ4n) is 4.77. The molecule has 0 aliphatic rings. The van der Waals surface area contributed by atoms with Crippen LogP contribution in [0.4, 0.5) is 23.3 Å². The maximum atomic E-state index is 11.9. The predicted molar refractivity (Wildman–Crippen MR) is 186 cm³/mol. The topological polar surface area (TPSA) is 147 Å². The van der Waals surface area contributed by atoms with Crippen molar-refractivity contribution in [3.05, 3.63) is 114 Å². The standard InChI is InChI=1S/C35H36N6O5S/c1-23(24-15-18-28(19-16-24)47(4,43)44)40-41-34-32(25-11-7-5-8-12-25)33(38-35(39-34)37-27-13-9-6-10-14-27)36-22-29(42)26-17-20-30(45-2)31(21-26)46-3/h5-21,29,42H,22H2,1-4H3,(H3,36,37,38,39,41). The highest BCUT2D eigenvalue weighted by Gasteiger charge is 2.19. The van der Waals surface area contributed by atoms with Gasteiger partial charge in [-0.2, -0.15) is 15.1 Å². The Morgan fingerprint density at radius 2 is 1.49 bits per heavy atom. The Morgan fingerprint density at radius 3 is 2.13 bits per heavy atom. The Hall–Kier alpha value is -5.46. The van der Waals surface area contributed by atoms with E-state index in [9.17, 15) is 13.5 Å². The average molecular weight is 653 g/mol. The second kappa shape index (κ2) is 14.8. The van der Waals surface area contributed by atoms with Crippen molar-refractivity contribution in [2.45, 2.75) is 17.9 Å². The quantitative estimate of drug-likeness (QED) is 0.0845. The maximum absolute atomic E-state index is 11.9. The van der Waals surface area contributed by atoms with Gasteiger partial charge in [0.2, 0.25) is 5.95 Å². The summed E-state index contributed by atoms with van der Waals surface area (Å²) in [5.74, 6) is 2.23. The third-order valence-corrected chi connectivity index (χ3v) is 8.41. The number of hydrogen-bond donors (Lipinski definition) is 4. The lowest BCUT2D eigenvalue weighted by molar-refractivity contribution is 0.191. The summed E-state index contributed by atoms with van der Waals surface area (Å²) in [5.41, 5.74) is 7.32. The van der Waals surface area contributed by atoms with Gasteiger partial charge in [-0.05, 0) is 60.0 Å². The number of benzene rings is 4. The molecule has 0 saturated carbocycles. The Bertz CT molecular complexity index is 1950. The van der Waals surface area contributed by atoms with Crippen LogP contribution in [-0.2, 0) is 9.84 Å². The van der Waals surface area contributed by atoms with Crippen molar-refractivity contribution in [1.29, 1.82) is 0 Å². The minimum absolute atomic E-state index is 0.117. The molecule has 1 atom stereocenters. The molecule has 1 unspecified atom stereocenters. The molecule has 1 heterocycles. The lowest BCUT2D eigenvalue weighted by Crippen LogP contribution is -2.16. The molecule has 0 spiro atoms. The normalized spacial score (nSPS) is 12.2. The third-order valence-electron chi connectivity index (χ3n) is 7.29. The zero-order valence-corrected chi connectivity index (χ0v) is 27.2. The number of nitrogens with zero attached hydrogens (tertiary/aromatic N) is 3. The van der Waals surface area contributed by atoms with Crippen LogP contribution >= 0.6 is 0 Å². The van der Waals surface area contributed by atoms with E-state index in [2.05, 4.69) is 21.2 Å². The molecular formula is C35H36N6O5S. The lowest BCUT2D eigenvalue weighted by Gasteiger charge is -2.19. The first-order valence-electron chi connectivity index (χ1n) is 14.7. The number of hydrogen-bond acceptors (Lipinski definition) is 11. The van der Waals surface area contributed by atoms with E-state index in [1.54, 1.807) is 56.7 Å². The molecule has 1 aromatic heterocycles. The molecule has 47 heavy (non-hydrogen) atoms. The second-order valence-electron chi connectivity index (χ2n) is 10.6. The van der Waals surface area contributed by atoms with Gasteiger partial charge in [0.25, 0.3) is 0 Å². The van der Waals surface area contributed by atoms with E-state index in [0.29, 0.717) is 45.9 Å². The van der Waals surface area contributed by atoms with Gasteiger partial charge in [0, 0.05) is 18.5 Å². The van der Waals surface area contributed by atoms with Crippen molar-refractivity contribution < 1.29 is 23.0 Å². The number of nitrogens with one attached hydrogen (secondary N) is 3. The van der Waals surface area contributed by atoms with Gasteiger partial charge in [-0.1, -0.05) is 66.7 Å². The molecular weight excluding hydrogens is 616 g/mol. The van der Waals surface area contributed by atoms with Crippen molar-refractivity contribution in [2.24, 2.45) is 5.10 Å². The molecule has 0 aliphatic carbocycles. The Balaban J connectivity index is 1.53. The Morgan fingerprint density at radius 1 is 0.851 bits per heavy atom. The van der Waals surface area contributed by atoms with Gasteiger partial charge in [-0.25, -0.2) is 8.42 Å². The SMILES string of the molecule is COc1ccc(C(O)CNc2nc(Nc3ccccc3)nc(NN=C(C)c3ccc(S(C)(=O)=O)cc3)c2-c2ccccc2)cc1OC. The van der Waals surface area contributed by atoms with Crippen LogP contribution in [0, 0.1) is 0 Å². The highest BCUT2D eigenvalue weighted by Crippen LogP contribution is 2.36. The van der Waals surface area contributed by atoms with E-state index >= 15 is 0 Å². The molecule has 242 valence electrons. The zero-order chi connectivity index (χ0) is 33.4. The highest BCUT2D eigenvalue weighted by molar-refractivity contribution is 7.90. The van der Waals surface area contributed by atoms with Crippen LogP contribution in [0.25, 0.3) is 11.1 Å². The van der Waals surface area contributed by atoms with E-state index in [-0.39, 0.29) is 11.4 Å². The highest BCUT2D eigenvalue weighted by atomic mass is 32.2. The molecule has 12 heteroatoms. The number of aliphatic hydroxyl groups excluding tert-OH is 1. The first-order valence-corrected chi connectivity index (χ1v) is 16.6. The van der Waals surface area contributed by atoms with Crippen molar-refractivity contribution in [3.63, 3.8) is 0 Å². The number of hydrazone groups is 1. The summed E-state index contributed by atoms with van der Waals surface area (Å²) in [7, 11) is -0.221. The predicted octanol–water partition coefficient (Wildman–Crippen LogP) is 6.29. The number of rotatable bonds is 13. The van der Waals surface area contributed by atoms with E-state index < -0.39 is 15.9 Å². The fourth-order valence-corrected chi connectivity index (χ4v) is 5.40. The zero-order valence-electron chi connectivity index (χ0n) is 26.4. The van der Waals surface area contributed by atoms with Crippen LogP contribution in [-0.4, -0.2) is 56.2 Å². The van der Waals surface area contributed by atoms with Crippen molar-refractivity contribution in [1.82, 2.24) is 9.97 Å². The summed E-state index contributed by atoms with van der Waals surface area (Å²) in [6.45, 7) is 1.93. The summed E-state index contributed by atoms with van der Waals surface area (Å²) in [5, 5.41) is 22.4. The van der Waals surface area contributed by atoms with Gasteiger partial charge in [0.05, 0.1) is 36.5 Å². The molecule has 5 rings (SSSR count). The molecule has 11 nitrogen and oxygen atoms in total. The van der Waals surface area contributed by atoms with Crippen molar-refractivity contribution in [2.75, 3.05) is 43.1 Å². The molecule has 0 aliphatic heterocycles. The van der Waals surface area contributed by atoms with Gasteiger partial charge in [0.15, 0.2) is 27.2 Å². The minimum Gasteiger partial charge on any atom is -0.493 e. The largest absolute Gasteiger partial charge is 0.493 e. The van der Waals surface area contributed by atoms with Crippen molar-refractivity contribution >= 4 is 38.8 Å². The number of aromatic nitrogens is 2. The van der Waals surface area contributed by atoms with E-state index in [1.165, 1.54) is 6.26 Å². The molecule has 4 aromatic carbocycles. The summed E-state index contributed by atoms with van der Waals surface area (Å²) < 4.78 is 34.6. The maximum Gasteiger partial charge on any atom is 0.231 e. The van der Waals surface area contributed by atoms with Crippen LogP contribution in [0.1, 0.15) is 24.2 Å². The molecule has 0 fully saturated rings. The van der Waals surface area contributed by atoms with Crippen LogP contribution < -0.4 is 25.5 Å². The molecule has 5 aromatic rings. The summed E-state index contributed by atoms with van der Waals surface area (Å²) in [6, 6.07) is 30.9. The second-order valence-corrected chi connectivity index (χ2v) is 12.6. The number of anilines is 4. The van der Waals surface area contributed by atoms with Crippen LogP contribution in [0.3, 0.4) is 0 Å². The molecule has 0 radical (unpaired) electrons. The molecule has 0 saturated heterocycles. The van der Waals surface area contributed by atoms with Gasteiger partial charge >= 0.3 is 0 Å². The third kappa shape index (κ3) is 8.23. The molecule has 0 bridgehead atoms.